The number of amides is 1. The summed E-state index contributed by atoms with van der Waals surface area (Å²) in [6.07, 6.45) is 2.89. The number of carbonyl (C=O) groups is 1. The smallest absolute Gasteiger partial charge is 0.282 e. The quantitative estimate of drug-likeness (QED) is 0.803. The molecule has 0 radical (unpaired) electrons. The van der Waals surface area contributed by atoms with Crippen LogP contribution in [-0.2, 0) is 12.0 Å². The molecule has 132 valence electrons. The Morgan fingerprint density at radius 1 is 1.44 bits per heavy atom. The van der Waals surface area contributed by atoms with Gasteiger partial charge in [-0.3, -0.25) is 8.75 Å². The Bertz CT molecular complexity index is 885. The van der Waals surface area contributed by atoms with Crippen LogP contribution in [-0.4, -0.2) is 17.0 Å². The molecule has 1 heterocycles. The van der Waals surface area contributed by atoms with E-state index in [9.17, 15) is 4.79 Å². The highest BCUT2D eigenvalue weighted by Gasteiger charge is 2.17. The van der Waals surface area contributed by atoms with E-state index in [1.165, 1.54) is 18.6 Å². The van der Waals surface area contributed by atoms with Crippen molar-refractivity contribution in [3.05, 3.63) is 45.2 Å². The summed E-state index contributed by atoms with van der Waals surface area (Å²) in [5, 5.41) is 9.31. The lowest BCUT2D eigenvalue weighted by Gasteiger charge is -2.19. The number of aryl methyl sites for hydroxylation is 1. The molecule has 0 unspecified atom stereocenters. The summed E-state index contributed by atoms with van der Waals surface area (Å²) in [4.78, 5) is 16.9. The van der Waals surface area contributed by atoms with E-state index in [2.05, 4.69) is 31.8 Å². The van der Waals surface area contributed by atoms with Crippen molar-refractivity contribution in [1.29, 1.82) is 5.26 Å². The number of nitriles is 1. The fourth-order valence-corrected chi connectivity index (χ4v) is 3.37. The van der Waals surface area contributed by atoms with E-state index in [1.807, 2.05) is 10.2 Å². The van der Waals surface area contributed by atoms with Crippen molar-refractivity contribution < 1.29 is 9.53 Å². The molecule has 0 saturated heterocycles. The van der Waals surface area contributed by atoms with Gasteiger partial charge in [-0.15, -0.1) is 0 Å². The Labute approximate surface area is 156 Å². The largest absolute Gasteiger partial charge is 0.496 e. The zero-order valence-corrected chi connectivity index (χ0v) is 16.2. The predicted molar refractivity (Wildman–Crippen MR) is 99.1 cm³/mol. The van der Waals surface area contributed by atoms with Gasteiger partial charge in [-0.05, 0) is 56.9 Å². The van der Waals surface area contributed by atoms with Gasteiger partial charge in [0.15, 0.2) is 0 Å². The van der Waals surface area contributed by atoms with E-state index in [0.717, 1.165) is 5.56 Å². The van der Waals surface area contributed by atoms with Crippen molar-refractivity contribution in [3.63, 3.8) is 0 Å². The SMILES string of the molecule is COc1ccc(Cl)cc1C(=O)/N=c1\sn(C(C)(C)C)cc1CCC#N. The number of methoxy groups -OCH3 is 1. The fourth-order valence-electron chi connectivity index (χ4n) is 2.16. The van der Waals surface area contributed by atoms with Crippen LogP contribution in [0.3, 0.4) is 0 Å². The van der Waals surface area contributed by atoms with Crippen LogP contribution in [0, 0.1) is 11.3 Å². The number of carbonyl (C=O) groups excluding carboxylic acids is 1. The van der Waals surface area contributed by atoms with Gasteiger partial charge >= 0.3 is 0 Å². The summed E-state index contributed by atoms with van der Waals surface area (Å²) < 4.78 is 7.88. The molecule has 0 saturated carbocycles. The molecule has 0 bridgehead atoms. The number of ether oxygens (including phenoxy) is 1. The molecule has 25 heavy (non-hydrogen) atoms. The first-order chi connectivity index (χ1) is 11.8. The molecular weight excluding hydrogens is 358 g/mol. The summed E-state index contributed by atoms with van der Waals surface area (Å²) in [5.41, 5.74) is 1.07. The minimum atomic E-state index is -0.416. The Morgan fingerprint density at radius 3 is 2.76 bits per heavy atom. The first kappa shape index (κ1) is 19.2. The van der Waals surface area contributed by atoms with Crippen molar-refractivity contribution in [2.75, 3.05) is 7.11 Å². The molecule has 0 aliphatic carbocycles. The van der Waals surface area contributed by atoms with Crippen LogP contribution in [0.1, 0.15) is 43.1 Å². The zero-order valence-electron chi connectivity index (χ0n) is 14.7. The highest BCUT2D eigenvalue weighted by molar-refractivity contribution is 7.04. The summed E-state index contributed by atoms with van der Waals surface area (Å²) >= 11 is 7.40. The van der Waals surface area contributed by atoms with Crippen LogP contribution in [0.5, 0.6) is 5.75 Å². The van der Waals surface area contributed by atoms with Crippen LogP contribution in [0.4, 0.5) is 0 Å². The lowest BCUT2D eigenvalue weighted by molar-refractivity contribution is 0.0996. The number of benzene rings is 1. The van der Waals surface area contributed by atoms with E-state index in [0.29, 0.717) is 33.8 Å². The fraction of sp³-hybridized carbons (Fsp3) is 0.389. The average Bonchev–Trinajstić information content (AvgIpc) is 2.95. The number of hydrogen-bond donors (Lipinski definition) is 0. The van der Waals surface area contributed by atoms with E-state index in [4.69, 9.17) is 21.6 Å². The van der Waals surface area contributed by atoms with E-state index in [1.54, 1.807) is 18.2 Å². The molecule has 7 heteroatoms. The Hall–Kier alpha value is -2.10. The highest BCUT2D eigenvalue weighted by Crippen LogP contribution is 2.23. The van der Waals surface area contributed by atoms with Gasteiger partial charge in [0.1, 0.15) is 10.4 Å². The monoisotopic (exact) mass is 377 g/mol. The van der Waals surface area contributed by atoms with Crippen molar-refractivity contribution in [2.24, 2.45) is 4.99 Å². The Kier molecular flexibility index (Phi) is 6.04. The minimum Gasteiger partial charge on any atom is -0.496 e. The van der Waals surface area contributed by atoms with Crippen molar-refractivity contribution in [1.82, 2.24) is 3.96 Å². The lowest BCUT2D eigenvalue weighted by atomic mass is 10.1. The number of nitrogens with zero attached hydrogens (tertiary/aromatic N) is 3. The highest BCUT2D eigenvalue weighted by atomic mass is 35.5. The third-order valence-corrected chi connectivity index (χ3v) is 5.11. The molecule has 2 aromatic rings. The molecule has 0 aliphatic heterocycles. The number of rotatable bonds is 4. The van der Waals surface area contributed by atoms with Gasteiger partial charge in [0.2, 0.25) is 0 Å². The lowest BCUT2D eigenvalue weighted by Crippen LogP contribution is -2.18. The van der Waals surface area contributed by atoms with Crippen LogP contribution >= 0.6 is 23.1 Å². The van der Waals surface area contributed by atoms with E-state index < -0.39 is 5.91 Å². The van der Waals surface area contributed by atoms with Crippen molar-refractivity contribution in [2.45, 2.75) is 39.2 Å². The molecule has 2 rings (SSSR count). The second-order valence-electron chi connectivity index (χ2n) is 6.47. The number of halogens is 1. The summed E-state index contributed by atoms with van der Waals surface area (Å²) in [6, 6.07) is 6.99. The van der Waals surface area contributed by atoms with Gasteiger partial charge < -0.3 is 4.74 Å². The van der Waals surface area contributed by atoms with Gasteiger partial charge in [0.25, 0.3) is 5.91 Å². The third-order valence-electron chi connectivity index (χ3n) is 3.49. The maximum atomic E-state index is 12.7. The minimum absolute atomic E-state index is 0.128. The summed E-state index contributed by atoms with van der Waals surface area (Å²) in [7, 11) is 1.50. The molecule has 0 atom stereocenters. The van der Waals surface area contributed by atoms with Crippen LogP contribution < -0.4 is 9.41 Å². The molecule has 1 aromatic heterocycles. The normalized spacial score (nSPS) is 12.1. The van der Waals surface area contributed by atoms with Crippen LogP contribution in [0.15, 0.2) is 29.4 Å². The molecule has 0 spiro atoms. The maximum absolute atomic E-state index is 12.7. The molecular formula is C18H20ClN3O2S. The summed E-state index contributed by atoms with van der Waals surface area (Å²) in [5.74, 6) is 0.0115. The second kappa shape index (κ2) is 7.85. The third kappa shape index (κ3) is 4.71. The molecule has 0 aliphatic rings. The van der Waals surface area contributed by atoms with Crippen molar-refractivity contribution >= 4 is 29.0 Å². The summed E-state index contributed by atoms with van der Waals surface area (Å²) in [6.45, 7) is 6.22. The second-order valence-corrected chi connectivity index (χ2v) is 7.87. The maximum Gasteiger partial charge on any atom is 0.282 e. The van der Waals surface area contributed by atoms with Gasteiger partial charge in [0, 0.05) is 28.7 Å². The molecule has 0 N–H and O–H groups in total. The van der Waals surface area contributed by atoms with Crippen LogP contribution in [0.2, 0.25) is 5.02 Å². The molecule has 1 aromatic carbocycles. The Balaban J connectivity index is 2.52. The first-order valence-corrected chi connectivity index (χ1v) is 8.93. The zero-order chi connectivity index (χ0) is 18.6. The molecule has 5 nitrogen and oxygen atoms in total. The predicted octanol–water partition coefficient (Wildman–Crippen LogP) is 4.16. The van der Waals surface area contributed by atoms with Crippen LogP contribution in [0.25, 0.3) is 0 Å². The number of aromatic nitrogens is 1. The topological polar surface area (TPSA) is 67.4 Å². The van der Waals surface area contributed by atoms with E-state index >= 15 is 0 Å². The number of hydrogen-bond acceptors (Lipinski definition) is 4. The molecule has 0 fully saturated rings. The Morgan fingerprint density at radius 2 is 2.16 bits per heavy atom. The van der Waals surface area contributed by atoms with Crippen molar-refractivity contribution in [3.8, 4) is 11.8 Å². The van der Waals surface area contributed by atoms with Gasteiger partial charge in [-0.1, -0.05) is 11.6 Å². The first-order valence-electron chi connectivity index (χ1n) is 7.78. The van der Waals surface area contributed by atoms with Gasteiger partial charge in [-0.25, -0.2) is 0 Å². The van der Waals surface area contributed by atoms with Gasteiger partial charge in [-0.2, -0.15) is 10.3 Å². The molecule has 1 amide bonds. The van der Waals surface area contributed by atoms with Gasteiger partial charge in [0.05, 0.1) is 18.7 Å². The standard InChI is InChI=1S/C18H20ClN3O2S/c1-18(2,3)22-11-12(6-5-9-20)17(25-22)21-16(23)14-10-13(19)7-8-15(14)24-4/h7-8,10-11H,5-6H2,1-4H3/b21-17-. The average molecular weight is 378 g/mol. The van der Waals surface area contributed by atoms with E-state index in [-0.39, 0.29) is 5.54 Å².